The third kappa shape index (κ3) is 6.27. The summed E-state index contributed by atoms with van der Waals surface area (Å²) in [5, 5.41) is 3.86. The minimum Gasteiger partial charge on any atom is -0.460 e. The van der Waals surface area contributed by atoms with Crippen molar-refractivity contribution < 1.29 is 19.1 Å². The van der Waals surface area contributed by atoms with Crippen molar-refractivity contribution in [3.05, 3.63) is 47.5 Å². The van der Waals surface area contributed by atoms with Gasteiger partial charge in [0, 0.05) is 26.3 Å². The lowest BCUT2D eigenvalue weighted by molar-refractivity contribution is -0.154. The van der Waals surface area contributed by atoms with E-state index in [2.05, 4.69) is 10.5 Å². The quantitative estimate of drug-likeness (QED) is 0.357. The maximum Gasteiger partial charge on any atom is 0.306 e. The second-order valence-electron chi connectivity index (χ2n) is 7.76. The molecule has 0 spiro atoms. The molecule has 0 aromatic heterocycles. The molecular formula is C23H29N3O4. The van der Waals surface area contributed by atoms with Gasteiger partial charge in [0.15, 0.2) is 0 Å². The van der Waals surface area contributed by atoms with Crippen LogP contribution in [-0.4, -0.2) is 41.0 Å². The van der Waals surface area contributed by atoms with Gasteiger partial charge in [-0.3, -0.25) is 14.4 Å². The van der Waals surface area contributed by atoms with Crippen molar-refractivity contribution in [3.8, 4) is 0 Å². The van der Waals surface area contributed by atoms with E-state index in [0.29, 0.717) is 32.2 Å². The smallest absolute Gasteiger partial charge is 0.306 e. The Kier molecular flexibility index (Phi) is 7.76. The van der Waals surface area contributed by atoms with E-state index in [1.165, 1.54) is 6.92 Å². The van der Waals surface area contributed by atoms with Crippen molar-refractivity contribution in [1.29, 1.82) is 0 Å². The van der Waals surface area contributed by atoms with Crippen LogP contribution in [0.5, 0.6) is 0 Å². The van der Waals surface area contributed by atoms with E-state index < -0.39 is 0 Å². The molecule has 1 aliphatic heterocycles. The molecule has 1 saturated carbocycles. The molecule has 1 N–H and O–H groups in total. The fourth-order valence-corrected chi connectivity index (χ4v) is 3.91. The number of esters is 1. The number of benzene rings is 1. The molecule has 160 valence electrons. The van der Waals surface area contributed by atoms with E-state index in [-0.39, 0.29) is 29.9 Å². The van der Waals surface area contributed by atoms with E-state index in [1.807, 2.05) is 41.3 Å². The number of nitrogens with zero attached hydrogens (tertiary/aromatic N) is 2. The van der Waals surface area contributed by atoms with Crippen LogP contribution >= 0.6 is 0 Å². The number of amides is 2. The zero-order valence-corrected chi connectivity index (χ0v) is 17.4. The fraction of sp³-hybridized carbons (Fsp3) is 0.478. The molecule has 1 aliphatic carbocycles. The van der Waals surface area contributed by atoms with Gasteiger partial charge in [-0.05, 0) is 43.2 Å². The van der Waals surface area contributed by atoms with E-state index >= 15 is 0 Å². The first-order chi connectivity index (χ1) is 14.5. The number of carbonyl (C=O) groups is 3. The van der Waals surface area contributed by atoms with Crippen molar-refractivity contribution in [2.75, 3.05) is 0 Å². The molecule has 1 aromatic rings. The highest BCUT2D eigenvalue weighted by Gasteiger charge is 2.37. The number of hydrogen-bond acceptors (Lipinski definition) is 5. The second-order valence-corrected chi connectivity index (χ2v) is 7.76. The largest absolute Gasteiger partial charge is 0.460 e. The van der Waals surface area contributed by atoms with Gasteiger partial charge in [-0.15, -0.1) is 0 Å². The molecule has 1 heterocycles. The number of ether oxygens (including phenoxy) is 1. The Morgan fingerprint density at radius 1 is 1.17 bits per heavy atom. The number of hydrazone groups is 1. The van der Waals surface area contributed by atoms with Crippen LogP contribution in [0.3, 0.4) is 0 Å². The predicted molar refractivity (Wildman–Crippen MR) is 114 cm³/mol. The summed E-state index contributed by atoms with van der Waals surface area (Å²) in [6.45, 7) is 1.88. The summed E-state index contributed by atoms with van der Waals surface area (Å²) in [5.41, 5.74) is 4.22. The maximum absolute atomic E-state index is 13.0. The van der Waals surface area contributed by atoms with Crippen molar-refractivity contribution in [2.45, 2.75) is 70.6 Å². The van der Waals surface area contributed by atoms with Gasteiger partial charge in [-0.1, -0.05) is 36.4 Å². The minimum absolute atomic E-state index is 0.0779. The maximum atomic E-state index is 13.0. The van der Waals surface area contributed by atoms with Crippen LogP contribution in [0.25, 0.3) is 0 Å². The van der Waals surface area contributed by atoms with Gasteiger partial charge in [0.2, 0.25) is 11.8 Å². The molecule has 1 fully saturated rings. The Balaban J connectivity index is 1.74. The Morgan fingerprint density at radius 3 is 2.63 bits per heavy atom. The first-order valence-corrected chi connectivity index (χ1v) is 10.6. The second kappa shape index (κ2) is 10.7. The Bertz CT molecular complexity index is 816. The lowest BCUT2D eigenvalue weighted by Crippen LogP contribution is -2.45. The van der Waals surface area contributed by atoms with E-state index in [0.717, 1.165) is 30.4 Å². The van der Waals surface area contributed by atoms with Crippen LogP contribution in [0.2, 0.25) is 0 Å². The third-order valence-electron chi connectivity index (χ3n) is 5.40. The molecule has 0 bridgehead atoms. The SMILES string of the molecule is CC(=O)N/N=C/c1ccc(CN2C(=O)CC/C=C/CCC(=O)O[C@H]3CCC[C@@H]32)cc1. The molecular weight excluding hydrogens is 382 g/mol. The summed E-state index contributed by atoms with van der Waals surface area (Å²) in [7, 11) is 0. The first kappa shape index (κ1) is 21.7. The molecule has 2 atom stereocenters. The molecule has 2 amide bonds. The molecule has 7 nitrogen and oxygen atoms in total. The molecule has 0 unspecified atom stereocenters. The van der Waals surface area contributed by atoms with Crippen molar-refractivity contribution in [2.24, 2.45) is 5.10 Å². The van der Waals surface area contributed by atoms with Gasteiger partial charge in [0.1, 0.15) is 6.10 Å². The summed E-state index contributed by atoms with van der Waals surface area (Å²) in [6, 6.07) is 7.63. The Labute approximate surface area is 177 Å². The predicted octanol–water partition coefficient (Wildman–Crippen LogP) is 3.08. The Morgan fingerprint density at radius 2 is 1.90 bits per heavy atom. The van der Waals surface area contributed by atoms with Crippen LogP contribution in [0, 0.1) is 0 Å². The molecule has 3 rings (SSSR count). The lowest BCUT2D eigenvalue weighted by atomic mass is 10.1. The molecule has 30 heavy (non-hydrogen) atoms. The van der Waals surface area contributed by atoms with Crippen molar-refractivity contribution >= 4 is 24.0 Å². The molecule has 1 aromatic carbocycles. The average Bonchev–Trinajstić information content (AvgIpc) is 3.16. The van der Waals surface area contributed by atoms with Gasteiger partial charge in [-0.2, -0.15) is 5.10 Å². The highest BCUT2D eigenvalue weighted by atomic mass is 16.5. The Hall–Kier alpha value is -2.96. The van der Waals surface area contributed by atoms with Crippen molar-refractivity contribution in [1.82, 2.24) is 10.3 Å². The van der Waals surface area contributed by atoms with Gasteiger partial charge in [0.25, 0.3) is 0 Å². The van der Waals surface area contributed by atoms with E-state index in [9.17, 15) is 14.4 Å². The number of allylic oxidation sites excluding steroid dienone is 2. The minimum atomic E-state index is -0.228. The molecule has 2 aliphatic rings. The third-order valence-corrected chi connectivity index (χ3v) is 5.40. The summed E-state index contributed by atoms with van der Waals surface area (Å²) in [5.74, 6) is -0.324. The van der Waals surface area contributed by atoms with Crippen LogP contribution in [0.4, 0.5) is 0 Å². The standard InChI is InChI=1S/C23H29N3O4/c1-17(27)25-24-15-18-11-13-19(14-12-18)16-26-20-7-6-8-21(20)30-23(29)10-5-3-2-4-9-22(26)28/h2-3,11-15,20-21H,4-10,16H2,1H3,(H,25,27)/b3-2+,24-15+/t20-,21-/m0/s1. The summed E-state index contributed by atoms with van der Waals surface area (Å²) in [4.78, 5) is 38.0. The van der Waals surface area contributed by atoms with Crippen LogP contribution in [0.1, 0.15) is 63.0 Å². The van der Waals surface area contributed by atoms with Gasteiger partial charge >= 0.3 is 5.97 Å². The first-order valence-electron chi connectivity index (χ1n) is 10.6. The topological polar surface area (TPSA) is 88.1 Å². The van der Waals surface area contributed by atoms with Crippen LogP contribution in [0.15, 0.2) is 41.5 Å². The lowest BCUT2D eigenvalue weighted by Gasteiger charge is -2.33. The monoisotopic (exact) mass is 411 g/mol. The zero-order chi connectivity index (χ0) is 21.3. The summed E-state index contributed by atoms with van der Waals surface area (Å²) in [6.07, 6.45) is 10.0. The molecule has 7 heteroatoms. The normalized spacial score (nSPS) is 24.0. The number of rotatable bonds is 4. The highest BCUT2D eigenvalue weighted by molar-refractivity contribution is 5.81. The number of fused-ring (bicyclic) bond motifs is 1. The number of hydrogen-bond donors (Lipinski definition) is 1. The fourth-order valence-electron chi connectivity index (χ4n) is 3.91. The zero-order valence-electron chi connectivity index (χ0n) is 17.4. The van der Waals surface area contributed by atoms with Gasteiger partial charge in [0.05, 0.1) is 12.3 Å². The van der Waals surface area contributed by atoms with Gasteiger partial charge in [-0.25, -0.2) is 5.43 Å². The number of nitrogens with one attached hydrogen (secondary N) is 1. The van der Waals surface area contributed by atoms with Crippen LogP contribution < -0.4 is 5.43 Å². The van der Waals surface area contributed by atoms with Gasteiger partial charge < -0.3 is 9.64 Å². The highest BCUT2D eigenvalue weighted by Crippen LogP contribution is 2.29. The summed E-state index contributed by atoms with van der Waals surface area (Å²) >= 11 is 0. The summed E-state index contributed by atoms with van der Waals surface area (Å²) < 4.78 is 5.73. The average molecular weight is 412 g/mol. The number of carbonyl (C=O) groups excluding carboxylic acids is 3. The van der Waals surface area contributed by atoms with Crippen LogP contribution in [-0.2, 0) is 25.7 Å². The van der Waals surface area contributed by atoms with Crippen molar-refractivity contribution in [3.63, 3.8) is 0 Å². The molecule has 0 saturated heterocycles. The van der Waals surface area contributed by atoms with E-state index in [1.54, 1.807) is 6.21 Å². The van der Waals surface area contributed by atoms with E-state index in [4.69, 9.17) is 4.74 Å². The molecule has 0 radical (unpaired) electrons.